The molecule has 3 aliphatic rings. The van der Waals surface area contributed by atoms with Crippen LogP contribution in [0.2, 0.25) is 0 Å². The van der Waals surface area contributed by atoms with E-state index in [1.165, 1.54) is 7.11 Å². The van der Waals surface area contributed by atoms with Gasteiger partial charge in [-0.15, -0.1) is 0 Å². The zero-order valence-electron chi connectivity index (χ0n) is 23.7. The number of carboxylic acids is 1. The van der Waals surface area contributed by atoms with Gasteiger partial charge in [-0.3, -0.25) is 14.5 Å². The minimum Gasteiger partial charge on any atom is -0.493 e. The third kappa shape index (κ3) is 6.38. The fourth-order valence-corrected chi connectivity index (χ4v) is 6.00. The summed E-state index contributed by atoms with van der Waals surface area (Å²) in [6.45, 7) is 5.20. The highest BCUT2D eigenvalue weighted by atomic mass is 16.7. The van der Waals surface area contributed by atoms with Gasteiger partial charge in [0.15, 0.2) is 11.5 Å². The number of aliphatic hydroxyl groups excluding tert-OH is 1. The SMILES string of the molecule is CCCCN(CCCO)C(=O)CN1C[C@H](c2cc(OC)c3c(c2)OCO3)[C@@H](C(=O)O)[C@@H]1CCN1CCN(C)C1=O. The fraction of sp³-hybridized carbons (Fsp3) is 0.679. The minimum absolute atomic E-state index is 0.00430. The number of nitrogens with zero attached hydrogens (tertiary/aromatic N) is 4. The molecular formula is C28H42N4O8. The highest BCUT2D eigenvalue weighted by Crippen LogP contribution is 2.47. The quantitative estimate of drug-likeness (QED) is 0.347. The van der Waals surface area contributed by atoms with Crippen LogP contribution in [0, 0.1) is 5.92 Å². The summed E-state index contributed by atoms with van der Waals surface area (Å²) in [5, 5.41) is 19.8. The Morgan fingerprint density at radius 1 is 1.18 bits per heavy atom. The van der Waals surface area contributed by atoms with E-state index in [1.54, 1.807) is 27.8 Å². The van der Waals surface area contributed by atoms with Crippen molar-refractivity contribution in [2.75, 3.05) is 73.4 Å². The van der Waals surface area contributed by atoms with E-state index in [9.17, 15) is 24.6 Å². The Morgan fingerprint density at radius 3 is 2.60 bits per heavy atom. The van der Waals surface area contributed by atoms with Crippen LogP contribution in [0.4, 0.5) is 4.79 Å². The summed E-state index contributed by atoms with van der Waals surface area (Å²) >= 11 is 0. The van der Waals surface area contributed by atoms with E-state index in [1.807, 2.05) is 11.0 Å². The Balaban J connectivity index is 1.62. The molecule has 12 heteroatoms. The molecule has 12 nitrogen and oxygen atoms in total. The van der Waals surface area contributed by atoms with Gasteiger partial charge >= 0.3 is 12.0 Å². The average molecular weight is 563 g/mol. The monoisotopic (exact) mass is 562 g/mol. The summed E-state index contributed by atoms with van der Waals surface area (Å²) in [6, 6.07) is 3.07. The van der Waals surface area contributed by atoms with Gasteiger partial charge in [-0.05, 0) is 37.0 Å². The van der Waals surface area contributed by atoms with Crippen LogP contribution in [0.3, 0.4) is 0 Å². The number of urea groups is 1. The molecule has 0 spiro atoms. The first-order valence-electron chi connectivity index (χ1n) is 14.1. The van der Waals surface area contributed by atoms with Crippen molar-refractivity contribution in [2.45, 2.75) is 44.6 Å². The third-order valence-electron chi connectivity index (χ3n) is 8.20. The summed E-state index contributed by atoms with van der Waals surface area (Å²) in [4.78, 5) is 46.0. The lowest BCUT2D eigenvalue weighted by Crippen LogP contribution is -2.46. The number of fused-ring (bicyclic) bond motifs is 1. The molecular weight excluding hydrogens is 520 g/mol. The highest BCUT2D eigenvalue weighted by Gasteiger charge is 2.48. The maximum atomic E-state index is 13.5. The molecule has 3 heterocycles. The number of carbonyl (C=O) groups excluding carboxylic acids is 2. The molecule has 2 fully saturated rings. The average Bonchev–Trinajstić information content (AvgIpc) is 3.64. The van der Waals surface area contributed by atoms with Crippen LogP contribution in [0.15, 0.2) is 12.1 Å². The fourth-order valence-electron chi connectivity index (χ4n) is 6.00. The number of benzene rings is 1. The number of ether oxygens (including phenoxy) is 3. The number of likely N-dealkylation sites (N-methyl/N-ethyl adjacent to an activating group) is 1. The number of hydrogen-bond donors (Lipinski definition) is 2. The third-order valence-corrected chi connectivity index (χ3v) is 8.20. The van der Waals surface area contributed by atoms with Crippen molar-refractivity contribution in [1.29, 1.82) is 0 Å². The number of likely N-dealkylation sites (tertiary alicyclic amines) is 1. The normalized spacial score (nSPS) is 22.3. The molecule has 0 radical (unpaired) electrons. The van der Waals surface area contributed by atoms with Gasteiger partial charge in [-0.1, -0.05) is 13.3 Å². The van der Waals surface area contributed by atoms with E-state index < -0.39 is 23.8 Å². The molecule has 1 aromatic carbocycles. The molecule has 3 amide bonds. The number of aliphatic hydroxyl groups is 1. The zero-order chi connectivity index (χ0) is 28.8. The summed E-state index contributed by atoms with van der Waals surface area (Å²) in [6.07, 6.45) is 2.69. The van der Waals surface area contributed by atoms with Gasteiger partial charge < -0.3 is 39.1 Å². The molecule has 0 aliphatic carbocycles. The summed E-state index contributed by atoms with van der Waals surface area (Å²) in [5.41, 5.74) is 0.744. The maximum Gasteiger partial charge on any atom is 0.319 e. The second-order valence-corrected chi connectivity index (χ2v) is 10.7. The largest absolute Gasteiger partial charge is 0.493 e. The number of carbonyl (C=O) groups is 3. The second-order valence-electron chi connectivity index (χ2n) is 10.7. The number of amides is 3. The number of unbranched alkanes of at least 4 members (excludes halogenated alkanes) is 1. The van der Waals surface area contributed by atoms with Crippen LogP contribution in [0.25, 0.3) is 0 Å². The number of rotatable bonds is 14. The van der Waals surface area contributed by atoms with Gasteiger partial charge in [0, 0.05) is 64.9 Å². The molecule has 3 atom stereocenters. The van der Waals surface area contributed by atoms with Gasteiger partial charge in [0.05, 0.1) is 19.6 Å². The topological polar surface area (TPSA) is 132 Å². The minimum atomic E-state index is -0.949. The van der Waals surface area contributed by atoms with Crippen molar-refractivity contribution >= 4 is 17.9 Å². The Kier molecular flexibility index (Phi) is 9.96. The summed E-state index contributed by atoms with van der Waals surface area (Å²) < 4.78 is 16.7. The van der Waals surface area contributed by atoms with E-state index in [-0.39, 0.29) is 31.9 Å². The number of carboxylic acid groups (broad SMARTS) is 1. The summed E-state index contributed by atoms with van der Waals surface area (Å²) in [7, 11) is 3.28. The molecule has 0 aromatic heterocycles. The van der Waals surface area contributed by atoms with Crippen LogP contribution in [-0.4, -0.2) is 127 Å². The van der Waals surface area contributed by atoms with E-state index in [2.05, 4.69) is 6.92 Å². The number of aliphatic carboxylic acids is 1. The van der Waals surface area contributed by atoms with Crippen molar-refractivity contribution in [3.05, 3.63) is 17.7 Å². The van der Waals surface area contributed by atoms with E-state index >= 15 is 0 Å². The molecule has 1 aromatic rings. The van der Waals surface area contributed by atoms with Crippen LogP contribution < -0.4 is 14.2 Å². The predicted octanol–water partition coefficient (Wildman–Crippen LogP) is 1.66. The number of methoxy groups -OCH3 is 1. The molecule has 0 bridgehead atoms. The van der Waals surface area contributed by atoms with Crippen LogP contribution in [-0.2, 0) is 9.59 Å². The predicted molar refractivity (Wildman–Crippen MR) is 146 cm³/mol. The van der Waals surface area contributed by atoms with Crippen molar-refractivity contribution in [3.8, 4) is 17.2 Å². The summed E-state index contributed by atoms with van der Waals surface area (Å²) in [5.74, 6) is -0.809. The smallest absolute Gasteiger partial charge is 0.319 e. The Bertz CT molecular complexity index is 1060. The maximum absolute atomic E-state index is 13.5. The van der Waals surface area contributed by atoms with E-state index in [0.29, 0.717) is 69.4 Å². The molecule has 0 saturated carbocycles. The van der Waals surface area contributed by atoms with Crippen molar-refractivity contribution in [1.82, 2.24) is 19.6 Å². The molecule has 222 valence electrons. The van der Waals surface area contributed by atoms with Gasteiger partial charge in [0.1, 0.15) is 0 Å². The van der Waals surface area contributed by atoms with Crippen molar-refractivity contribution in [2.24, 2.45) is 5.92 Å². The lowest BCUT2D eigenvalue weighted by Gasteiger charge is -2.30. The molecule has 4 rings (SSSR count). The first-order chi connectivity index (χ1) is 19.3. The standard InChI is InChI=1S/C28H42N4O8/c1-4-5-8-30(9-6-13-33)24(34)17-32-16-20(19-14-22(38-3)26-23(15-19)39-18-40-26)25(27(35)36)21(32)7-10-31-12-11-29(2)28(31)37/h14-15,20-21,25,33H,4-13,16-18H2,1-3H3,(H,35,36)/t20-,21+,25-/m1/s1. The van der Waals surface area contributed by atoms with Gasteiger partial charge in [-0.2, -0.15) is 0 Å². The molecule has 40 heavy (non-hydrogen) atoms. The number of hydrogen-bond acceptors (Lipinski definition) is 8. The Morgan fingerprint density at radius 2 is 1.95 bits per heavy atom. The van der Waals surface area contributed by atoms with Gasteiger partial charge in [0.25, 0.3) is 0 Å². The van der Waals surface area contributed by atoms with E-state index in [0.717, 1.165) is 18.4 Å². The Labute approximate surface area is 235 Å². The Hall–Kier alpha value is -3.25. The zero-order valence-corrected chi connectivity index (χ0v) is 23.7. The lowest BCUT2D eigenvalue weighted by atomic mass is 9.84. The second kappa shape index (κ2) is 13.4. The van der Waals surface area contributed by atoms with Gasteiger partial charge in [-0.25, -0.2) is 4.79 Å². The lowest BCUT2D eigenvalue weighted by molar-refractivity contribution is -0.144. The first-order valence-corrected chi connectivity index (χ1v) is 14.1. The molecule has 2 saturated heterocycles. The van der Waals surface area contributed by atoms with Crippen molar-refractivity contribution in [3.63, 3.8) is 0 Å². The van der Waals surface area contributed by atoms with Crippen LogP contribution >= 0.6 is 0 Å². The van der Waals surface area contributed by atoms with E-state index in [4.69, 9.17) is 14.2 Å². The molecule has 0 unspecified atom stereocenters. The van der Waals surface area contributed by atoms with Gasteiger partial charge in [0.2, 0.25) is 18.4 Å². The molecule has 3 aliphatic heterocycles. The van der Waals surface area contributed by atoms with Crippen LogP contribution in [0.5, 0.6) is 17.2 Å². The molecule has 2 N–H and O–H groups in total. The van der Waals surface area contributed by atoms with Crippen LogP contribution in [0.1, 0.15) is 44.1 Å². The van der Waals surface area contributed by atoms with Crippen molar-refractivity contribution < 1.29 is 38.8 Å². The highest BCUT2D eigenvalue weighted by molar-refractivity contribution is 5.79. The first kappa shape index (κ1) is 29.7.